The van der Waals surface area contributed by atoms with E-state index in [1.807, 2.05) is 23.9 Å². The molecule has 122 valence electrons. The molecule has 0 unspecified atom stereocenters. The lowest BCUT2D eigenvalue weighted by molar-refractivity contribution is 0.529. The number of hydrogen-bond donors (Lipinski definition) is 2. The summed E-state index contributed by atoms with van der Waals surface area (Å²) in [6.07, 6.45) is 6.87. The average molecular weight is 323 g/mol. The van der Waals surface area contributed by atoms with Crippen molar-refractivity contribution in [2.45, 2.75) is 26.8 Å². The number of nitrogens with one attached hydrogen (secondary N) is 2. The number of nitrogens with zero attached hydrogens (tertiary/aromatic N) is 5. The number of rotatable bonds is 4. The van der Waals surface area contributed by atoms with Crippen molar-refractivity contribution in [3.05, 3.63) is 36.7 Å². The maximum absolute atomic E-state index is 5.13. The second kappa shape index (κ2) is 5.48. The molecule has 4 aromatic heterocycles. The molecule has 0 spiro atoms. The topological polar surface area (TPSA) is 97.5 Å². The van der Waals surface area contributed by atoms with E-state index in [1.165, 1.54) is 0 Å². The molecule has 0 aliphatic rings. The van der Waals surface area contributed by atoms with Crippen LogP contribution in [0.5, 0.6) is 0 Å². The van der Waals surface area contributed by atoms with Gasteiger partial charge in [0.15, 0.2) is 11.6 Å². The summed E-state index contributed by atoms with van der Waals surface area (Å²) in [5.74, 6) is 1.23. The van der Waals surface area contributed by atoms with Crippen molar-refractivity contribution < 1.29 is 4.42 Å². The molecule has 4 heterocycles. The Morgan fingerprint density at radius 3 is 2.88 bits per heavy atom. The van der Waals surface area contributed by atoms with E-state index in [-0.39, 0.29) is 0 Å². The summed E-state index contributed by atoms with van der Waals surface area (Å²) in [4.78, 5) is 9.13. The third-order valence-electron chi connectivity index (χ3n) is 3.78. The summed E-state index contributed by atoms with van der Waals surface area (Å²) >= 11 is 0. The zero-order valence-electron chi connectivity index (χ0n) is 13.6. The van der Waals surface area contributed by atoms with Gasteiger partial charge in [0, 0.05) is 12.2 Å². The molecule has 4 rings (SSSR count). The molecule has 0 aliphatic carbocycles. The Hall–Kier alpha value is -3.16. The first-order valence-electron chi connectivity index (χ1n) is 7.68. The summed E-state index contributed by atoms with van der Waals surface area (Å²) in [6, 6.07) is 2.12. The Balaban J connectivity index is 1.80. The highest BCUT2D eigenvalue weighted by atomic mass is 16.3. The molecule has 0 fully saturated rings. The Morgan fingerprint density at radius 1 is 1.29 bits per heavy atom. The quantitative estimate of drug-likeness (QED) is 0.597. The van der Waals surface area contributed by atoms with Crippen LogP contribution in [0.1, 0.15) is 25.6 Å². The summed E-state index contributed by atoms with van der Waals surface area (Å²) < 4.78 is 7.05. The van der Waals surface area contributed by atoms with Crippen molar-refractivity contribution in [3.63, 3.8) is 0 Å². The van der Waals surface area contributed by atoms with Crippen LogP contribution >= 0.6 is 0 Å². The van der Waals surface area contributed by atoms with Crippen molar-refractivity contribution in [1.29, 1.82) is 0 Å². The molecule has 4 aromatic rings. The Labute approximate surface area is 137 Å². The molecule has 0 amide bonds. The van der Waals surface area contributed by atoms with Crippen molar-refractivity contribution >= 4 is 22.5 Å². The van der Waals surface area contributed by atoms with Gasteiger partial charge in [-0.3, -0.25) is 9.78 Å². The fourth-order valence-electron chi connectivity index (χ4n) is 2.45. The molecule has 0 bridgehead atoms. The predicted octanol–water partition coefficient (Wildman–Crippen LogP) is 3.44. The summed E-state index contributed by atoms with van der Waals surface area (Å²) in [7, 11) is 0. The maximum atomic E-state index is 5.13. The monoisotopic (exact) mass is 323 g/mol. The average Bonchev–Trinajstić information content (AvgIpc) is 3.27. The third-order valence-corrected chi connectivity index (χ3v) is 3.78. The van der Waals surface area contributed by atoms with Gasteiger partial charge in [0.25, 0.3) is 0 Å². The van der Waals surface area contributed by atoms with Crippen molar-refractivity contribution in [3.8, 4) is 11.4 Å². The van der Waals surface area contributed by atoms with Gasteiger partial charge in [-0.25, -0.2) is 9.97 Å². The van der Waals surface area contributed by atoms with Gasteiger partial charge in [-0.1, -0.05) is 0 Å². The first-order valence-corrected chi connectivity index (χ1v) is 7.68. The SMILES string of the molecule is Cc1nn(C(C)C)cc1Nc1nc(-c2ccoc2)nc2cn[nH]c12. The van der Waals surface area contributed by atoms with E-state index in [2.05, 4.69) is 44.4 Å². The first-order chi connectivity index (χ1) is 11.6. The predicted molar refractivity (Wildman–Crippen MR) is 90.0 cm³/mol. The zero-order chi connectivity index (χ0) is 16.7. The number of aromatic amines is 1. The smallest absolute Gasteiger partial charge is 0.165 e. The van der Waals surface area contributed by atoms with Crippen LogP contribution in [0.25, 0.3) is 22.4 Å². The zero-order valence-corrected chi connectivity index (χ0v) is 13.6. The third kappa shape index (κ3) is 2.41. The van der Waals surface area contributed by atoms with Gasteiger partial charge >= 0.3 is 0 Å². The van der Waals surface area contributed by atoms with Gasteiger partial charge in [-0.2, -0.15) is 10.2 Å². The van der Waals surface area contributed by atoms with Crippen LogP contribution < -0.4 is 5.32 Å². The van der Waals surface area contributed by atoms with Crippen LogP contribution in [0.3, 0.4) is 0 Å². The molecule has 24 heavy (non-hydrogen) atoms. The lowest BCUT2D eigenvalue weighted by atomic mass is 10.3. The van der Waals surface area contributed by atoms with E-state index >= 15 is 0 Å². The first kappa shape index (κ1) is 14.4. The minimum absolute atomic E-state index is 0.290. The minimum atomic E-state index is 0.290. The highest BCUT2D eigenvalue weighted by Gasteiger charge is 2.14. The van der Waals surface area contributed by atoms with E-state index in [0.717, 1.165) is 28.0 Å². The molecule has 0 radical (unpaired) electrons. The second-order valence-electron chi connectivity index (χ2n) is 5.87. The normalized spacial score (nSPS) is 11.5. The minimum Gasteiger partial charge on any atom is -0.472 e. The standard InChI is InChI=1S/C16H17N7O/c1-9(2)23-7-13(10(3)22-23)19-16-14-12(6-17-21-14)18-15(20-16)11-4-5-24-8-11/h4-9H,1-3H3,(H,17,21)(H,18,19,20). The molecule has 0 atom stereocenters. The lowest BCUT2D eigenvalue weighted by Gasteiger charge is -2.07. The molecule has 0 saturated heterocycles. The number of aryl methyl sites for hydroxylation is 1. The van der Waals surface area contributed by atoms with Crippen molar-refractivity contribution in [2.75, 3.05) is 5.32 Å². The van der Waals surface area contributed by atoms with Gasteiger partial charge in [0.2, 0.25) is 0 Å². The second-order valence-corrected chi connectivity index (χ2v) is 5.87. The molecule has 2 N–H and O–H groups in total. The van der Waals surface area contributed by atoms with Gasteiger partial charge in [-0.05, 0) is 26.8 Å². The molecule has 8 nitrogen and oxygen atoms in total. The lowest BCUT2D eigenvalue weighted by Crippen LogP contribution is -2.00. The van der Waals surface area contributed by atoms with Crippen LogP contribution in [0, 0.1) is 6.92 Å². The van der Waals surface area contributed by atoms with E-state index in [4.69, 9.17) is 4.42 Å². The summed E-state index contributed by atoms with van der Waals surface area (Å²) in [5.41, 5.74) is 4.10. The number of hydrogen-bond acceptors (Lipinski definition) is 6. The van der Waals surface area contributed by atoms with Crippen LogP contribution in [-0.4, -0.2) is 29.9 Å². The fourth-order valence-corrected chi connectivity index (χ4v) is 2.45. The van der Waals surface area contributed by atoms with Crippen molar-refractivity contribution in [2.24, 2.45) is 0 Å². The highest BCUT2D eigenvalue weighted by molar-refractivity contribution is 5.88. The van der Waals surface area contributed by atoms with Crippen LogP contribution in [0.4, 0.5) is 11.5 Å². The molecule has 0 aliphatic heterocycles. The Morgan fingerprint density at radius 2 is 2.17 bits per heavy atom. The van der Waals surface area contributed by atoms with Gasteiger partial charge in [0.1, 0.15) is 17.3 Å². The molecule has 0 saturated carbocycles. The summed E-state index contributed by atoms with van der Waals surface area (Å²) in [5, 5.41) is 14.9. The van der Waals surface area contributed by atoms with Crippen LogP contribution in [0.2, 0.25) is 0 Å². The van der Waals surface area contributed by atoms with E-state index < -0.39 is 0 Å². The van der Waals surface area contributed by atoms with Crippen molar-refractivity contribution in [1.82, 2.24) is 29.9 Å². The van der Waals surface area contributed by atoms with Crippen LogP contribution in [0.15, 0.2) is 35.4 Å². The maximum Gasteiger partial charge on any atom is 0.165 e. The van der Waals surface area contributed by atoms with E-state index in [9.17, 15) is 0 Å². The van der Waals surface area contributed by atoms with E-state index in [0.29, 0.717) is 17.7 Å². The van der Waals surface area contributed by atoms with Crippen LogP contribution in [-0.2, 0) is 0 Å². The van der Waals surface area contributed by atoms with Gasteiger partial charge < -0.3 is 9.73 Å². The molecular formula is C16H17N7O. The molecule has 0 aromatic carbocycles. The largest absolute Gasteiger partial charge is 0.472 e. The highest BCUT2D eigenvalue weighted by Crippen LogP contribution is 2.27. The van der Waals surface area contributed by atoms with Gasteiger partial charge in [-0.15, -0.1) is 0 Å². The van der Waals surface area contributed by atoms with Gasteiger partial charge in [0.05, 0.1) is 29.4 Å². The number of anilines is 2. The number of furan rings is 1. The fraction of sp³-hybridized carbons (Fsp3) is 0.250. The Bertz CT molecular complexity index is 981. The number of aromatic nitrogens is 6. The van der Waals surface area contributed by atoms with E-state index in [1.54, 1.807) is 18.7 Å². The molecule has 8 heteroatoms. The number of fused-ring (bicyclic) bond motifs is 1. The number of H-pyrrole nitrogens is 1. The molecular weight excluding hydrogens is 306 g/mol. The Kier molecular flexibility index (Phi) is 3.30. The summed E-state index contributed by atoms with van der Waals surface area (Å²) in [6.45, 7) is 6.14.